The summed E-state index contributed by atoms with van der Waals surface area (Å²) >= 11 is 0. The molecule has 21 heavy (non-hydrogen) atoms. The third-order valence-corrected chi connectivity index (χ3v) is 2.57. The molecular weight excluding hydrogens is 274 g/mol. The van der Waals surface area contributed by atoms with Crippen LogP contribution in [0, 0.1) is 10.1 Å². The Bertz CT molecular complexity index is 713. The van der Waals surface area contributed by atoms with Gasteiger partial charge in [0, 0.05) is 23.3 Å². The average Bonchev–Trinajstić information content (AvgIpc) is 2.47. The van der Waals surface area contributed by atoms with Crippen LogP contribution in [-0.2, 0) is 0 Å². The second kappa shape index (κ2) is 6.29. The summed E-state index contributed by atoms with van der Waals surface area (Å²) in [5.74, 6) is -0.516. The minimum Gasteiger partial charge on any atom is -0.508 e. The van der Waals surface area contributed by atoms with Crippen molar-refractivity contribution in [1.82, 2.24) is 5.43 Å². The summed E-state index contributed by atoms with van der Waals surface area (Å²) in [6, 6.07) is 11.7. The second-order valence-corrected chi connectivity index (χ2v) is 4.10. The van der Waals surface area contributed by atoms with E-state index in [2.05, 4.69) is 10.5 Å². The number of hydrogen-bond donors (Lipinski definition) is 2. The van der Waals surface area contributed by atoms with Crippen LogP contribution in [0.2, 0.25) is 0 Å². The number of carbonyl (C=O) groups excluding carboxylic acids is 1. The van der Waals surface area contributed by atoms with Crippen molar-refractivity contribution in [2.75, 3.05) is 0 Å². The van der Waals surface area contributed by atoms with Gasteiger partial charge in [0.25, 0.3) is 11.6 Å². The molecule has 0 saturated carbocycles. The molecule has 0 bridgehead atoms. The first-order chi connectivity index (χ1) is 10.1. The Hall–Kier alpha value is -3.22. The van der Waals surface area contributed by atoms with Gasteiger partial charge in [-0.2, -0.15) is 5.10 Å². The van der Waals surface area contributed by atoms with E-state index in [1.54, 1.807) is 6.07 Å². The molecule has 0 aliphatic carbocycles. The maximum atomic E-state index is 11.7. The van der Waals surface area contributed by atoms with Crippen molar-refractivity contribution in [3.05, 3.63) is 69.8 Å². The zero-order valence-corrected chi connectivity index (χ0v) is 10.8. The lowest BCUT2D eigenvalue weighted by molar-refractivity contribution is -0.384. The molecule has 7 heteroatoms. The number of nitro benzene ring substituents is 1. The molecular formula is C14H11N3O4. The number of phenols is 1. The molecule has 0 aliphatic rings. The second-order valence-electron chi connectivity index (χ2n) is 4.10. The monoisotopic (exact) mass is 285 g/mol. The summed E-state index contributed by atoms with van der Waals surface area (Å²) in [6.07, 6.45) is 1.30. The number of carbonyl (C=O) groups is 1. The highest BCUT2D eigenvalue weighted by Crippen LogP contribution is 2.12. The quantitative estimate of drug-likeness (QED) is 0.509. The van der Waals surface area contributed by atoms with Crippen LogP contribution in [0.5, 0.6) is 5.75 Å². The maximum absolute atomic E-state index is 11.7. The minimum atomic E-state index is -0.511. The lowest BCUT2D eigenvalue weighted by Crippen LogP contribution is -2.17. The normalized spacial score (nSPS) is 10.5. The number of phenolic OH excluding ortho intramolecular Hbond substituents is 1. The SMILES string of the molecule is O=C(NN=Cc1cccc([N+](=O)[O-])c1)c1cccc(O)c1. The Morgan fingerprint density at radius 1 is 1.24 bits per heavy atom. The summed E-state index contributed by atoms with van der Waals surface area (Å²) < 4.78 is 0. The molecule has 2 aromatic rings. The van der Waals surface area contributed by atoms with E-state index >= 15 is 0 Å². The number of benzene rings is 2. The molecule has 2 rings (SSSR count). The number of nitrogens with zero attached hydrogens (tertiary/aromatic N) is 2. The Balaban J connectivity index is 2.04. The summed E-state index contributed by atoms with van der Waals surface area (Å²) in [6.45, 7) is 0. The molecule has 7 nitrogen and oxygen atoms in total. The summed E-state index contributed by atoms with van der Waals surface area (Å²) in [5, 5.41) is 23.6. The van der Waals surface area contributed by atoms with E-state index < -0.39 is 10.8 Å². The van der Waals surface area contributed by atoms with E-state index in [0.717, 1.165) is 0 Å². The number of rotatable bonds is 4. The number of hydrazone groups is 1. The smallest absolute Gasteiger partial charge is 0.271 e. The van der Waals surface area contributed by atoms with Crippen LogP contribution in [0.15, 0.2) is 53.6 Å². The van der Waals surface area contributed by atoms with Crippen molar-refractivity contribution in [2.24, 2.45) is 5.10 Å². The van der Waals surface area contributed by atoms with Crippen molar-refractivity contribution in [2.45, 2.75) is 0 Å². The highest BCUT2D eigenvalue weighted by Gasteiger charge is 2.05. The van der Waals surface area contributed by atoms with Gasteiger partial charge in [-0.05, 0) is 18.2 Å². The van der Waals surface area contributed by atoms with E-state index in [4.69, 9.17) is 0 Å². The average molecular weight is 285 g/mol. The van der Waals surface area contributed by atoms with Gasteiger partial charge in [-0.1, -0.05) is 18.2 Å². The molecule has 0 heterocycles. The van der Waals surface area contributed by atoms with Crippen molar-refractivity contribution >= 4 is 17.8 Å². The predicted octanol–water partition coefficient (Wildman–Crippen LogP) is 2.06. The van der Waals surface area contributed by atoms with E-state index in [-0.39, 0.29) is 17.0 Å². The van der Waals surface area contributed by atoms with Gasteiger partial charge in [0.1, 0.15) is 5.75 Å². The van der Waals surface area contributed by atoms with Gasteiger partial charge in [0.05, 0.1) is 11.1 Å². The maximum Gasteiger partial charge on any atom is 0.271 e. The van der Waals surface area contributed by atoms with Gasteiger partial charge in [-0.25, -0.2) is 5.43 Å². The standard InChI is InChI=1S/C14H11N3O4/c18-13-6-2-4-11(8-13)14(19)16-15-9-10-3-1-5-12(7-10)17(20)21/h1-9,18H,(H,16,19). The third-order valence-electron chi connectivity index (χ3n) is 2.57. The molecule has 2 aromatic carbocycles. The lowest BCUT2D eigenvalue weighted by Gasteiger charge is -2.00. The van der Waals surface area contributed by atoms with Crippen LogP contribution in [0.1, 0.15) is 15.9 Å². The fraction of sp³-hybridized carbons (Fsp3) is 0. The number of hydrogen-bond acceptors (Lipinski definition) is 5. The van der Waals surface area contributed by atoms with Gasteiger partial charge in [0.15, 0.2) is 0 Å². The molecule has 1 amide bonds. The molecule has 2 N–H and O–H groups in total. The summed E-state index contributed by atoms with van der Waals surface area (Å²) in [4.78, 5) is 21.8. The number of non-ortho nitro benzene ring substituents is 1. The van der Waals surface area contributed by atoms with Gasteiger partial charge >= 0.3 is 0 Å². The highest BCUT2D eigenvalue weighted by molar-refractivity contribution is 5.95. The third kappa shape index (κ3) is 3.87. The van der Waals surface area contributed by atoms with Crippen LogP contribution in [-0.4, -0.2) is 22.2 Å². The van der Waals surface area contributed by atoms with Crippen molar-refractivity contribution in [1.29, 1.82) is 0 Å². The van der Waals surface area contributed by atoms with Gasteiger partial charge in [-0.3, -0.25) is 14.9 Å². The largest absolute Gasteiger partial charge is 0.508 e. The Morgan fingerprint density at radius 3 is 2.71 bits per heavy atom. The Labute approximate surface area is 119 Å². The minimum absolute atomic E-state index is 0.0229. The van der Waals surface area contributed by atoms with Crippen LogP contribution in [0.3, 0.4) is 0 Å². The van der Waals surface area contributed by atoms with Crippen LogP contribution in [0.4, 0.5) is 5.69 Å². The zero-order chi connectivity index (χ0) is 15.2. The molecule has 0 aliphatic heterocycles. The lowest BCUT2D eigenvalue weighted by atomic mass is 10.2. The molecule has 0 aromatic heterocycles. The number of amides is 1. The van der Waals surface area contributed by atoms with Gasteiger partial charge in [-0.15, -0.1) is 0 Å². The first-order valence-corrected chi connectivity index (χ1v) is 5.93. The van der Waals surface area contributed by atoms with Crippen molar-refractivity contribution < 1.29 is 14.8 Å². The van der Waals surface area contributed by atoms with Crippen LogP contribution in [0.25, 0.3) is 0 Å². The van der Waals surface area contributed by atoms with E-state index in [1.165, 1.54) is 48.7 Å². The van der Waals surface area contributed by atoms with E-state index in [9.17, 15) is 20.0 Å². The van der Waals surface area contributed by atoms with Crippen LogP contribution >= 0.6 is 0 Å². The van der Waals surface area contributed by atoms with Crippen LogP contribution < -0.4 is 5.43 Å². The predicted molar refractivity (Wildman–Crippen MR) is 76.3 cm³/mol. The zero-order valence-electron chi connectivity index (χ0n) is 10.8. The van der Waals surface area contributed by atoms with E-state index in [0.29, 0.717) is 5.56 Å². The fourth-order valence-corrected chi connectivity index (χ4v) is 1.60. The summed E-state index contributed by atoms with van der Waals surface area (Å²) in [7, 11) is 0. The molecule has 106 valence electrons. The highest BCUT2D eigenvalue weighted by atomic mass is 16.6. The fourth-order valence-electron chi connectivity index (χ4n) is 1.60. The molecule has 0 saturated heterocycles. The molecule has 0 atom stereocenters. The molecule has 0 spiro atoms. The summed E-state index contributed by atoms with van der Waals surface area (Å²) in [5.41, 5.74) is 2.96. The molecule has 0 radical (unpaired) electrons. The van der Waals surface area contributed by atoms with Gasteiger partial charge < -0.3 is 5.11 Å². The first kappa shape index (κ1) is 14.2. The molecule has 0 unspecified atom stereocenters. The van der Waals surface area contributed by atoms with Gasteiger partial charge in [0.2, 0.25) is 0 Å². The van der Waals surface area contributed by atoms with E-state index in [1.807, 2.05) is 0 Å². The van der Waals surface area contributed by atoms with Crippen molar-refractivity contribution in [3.8, 4) is 5.75 Å². The number of nitro groups is 1. The number of aromatic hydroxyl groups is 1. The Kier molecular flexibility index (Phi) is 4.25. The first-order valence-electron chi connectivity index (χ1n) is 5.93. The van der Waals surface area contributed by atoms with Crippen molar-refractivity contribution in [3.63, 3.8) is 0 Å². The Morgan fingerprint density at radius 2 is 2.00 bits per heavy atom. The number of nitrogens with one attached hydrogen (secondary N) is 1. The molecule has 0 fully saturated rings. The topological polar surface area (TPSA) is 105 Å².